The summed E-state index contributed by atoms with van der Waals surface area (Å²) in [5, 5.41) is 0. The van der Waals surface area contributed by atoms with E-state index in [-0.39, 0.29) is 6.04 Å². The van der Waals surface area contributed by atoms with E-state index >= 15 is 0 Å². The highest BCUT2D eigenvalue weighted by Gasteiger charge is 2.22. The Kier molecular flexibility index (Phi) is 3.71. The van der Waals surface area contributed by atoms with Gasteiger partial charge in [0.05, 0.1) is 0 Å². The van der Waals surface area contributed by atoms with Gasteiger partial charge in [0.2, 0.25) is 0 Å². The Balaban J connectivity index is 2.06. The van der Waals surface area contributed by atoms with E-state index in [0.29, 0.717) is 11.7 Å². The van der Waals surface area contributed by atoms with E-state index in [0.717, 1.165) is 31.6 Å². The van der Waals surface area contributed by atoms with Crippen LogP contribution < -0.4 is 17.0 Å². The summed E-state index contributed by atoms with van der Waals surface area (Å²) in [4.78, 5) is 4.07. The molecule has 0 bridgehead atoms. The summed E-state index contributed by atoms with van der Waals surface area (Å²) in [5.74, 6) is 6.68. The Bertz CT molecular complexity index is 339. The largest absolute Gasteiger partial charge is 0.383 e. The van der Waals surface area contributed by atoms with Crippen LogP contribution >= 0.6 is 0 Å². The van der Waals surface area contributed by atoms with Gasteiger partial charge in [-0.3, -0.25) is 11.3 Å². The third-order valence-electron chi connectivity index (χ3n) is 3.04. The monoisotopic (exact) mass is 222 g/mol. The zero-order chi connectivity index (χ0) is 11.4. The Labute approximate surface area is 95.1 Å². The minimum atomic E-state index is 0.0559. The number of hydrazine groups is 1. The van der Waals surface area contributed by atoms with Gasteiger partial charge in [-0.05, 0) is 24.8 Å². The molecule has 0 aliphatic carbocycles. The predicted molar refractivity (Wildman–Crippen MR) is 62.3 cm³/mol. The number of nitrogens with zero attached hydrogens (tertiary/aromatic N) is 1. The number of rotatable bonds is 4. The highest BCUT2D eigenvalue weighted by atomic mass is 16.5. The summed E-state index contributed by atoms with van der Waals surface area (Å²) >= 11 is 0. The van der Waals surface area contributed by atoms with Gasteiger partial charge in [-0.25, -0.2) is 4.98 Å². The first kappa shape index (κ1) is 11.3. The summed E-state index contributed by atoms with van der Waals surface area (Å²) < 4.78 is 5.35. The third kappa shape index (κ3) is 2.49. The highest BCUT2D eigenvalue weighted by Crippen LogP contribution is 2.27. The second-order valence-electron chi connectivity index (χ2n) is 4.16. The average molecular weight is 222 g/mol. The van der Waals surface area contributed by atoms with Gasteiger partial charge < -0.3 is 10.5 Å². The van der Waals surface area contributed by atoms with Crippen LogP contribution in [0.2, 0.25) is 0 Å². The maximum Gasteiger partial charge on any atom is 0.128 e. The molecule has 0 spiro atoms. The summed E-state index contributed by atoms with van der Waals surface area (Å²) in [5.41, 5.74) is 9.61. The first-order valence-electron chi connectivity index (χ1n) is 5.55. The van der Waals surface area contributed by atoms with Crippen LogP contribution in [0.4, 0.5) is 5.82 Å². The summed E-state index contributed by atoms with van der Waals surface area (Å²) in [7, 11) is 0. The normalized spacial score (nSPS) is 22.2. The van der Waals surface area contributed by atoms with Gasteiger partial charge in [0.15, 0.2) is 0 Å². The van der Waals surface area contributed by atoms with Crippen LogP contribution in [0.3, 0.4) is 0 Å². The van der Waals surface area contributed by atoms with E-state index in [2.05, 4.69) is 10.4 Å². The predicted octanol–water partition coefficient (Wildman–Crippen LogP) is 0.595. The van der Waals surface area contributed by atoms with Gasteiger partial charge in [-0.15, -0.1) is 0 Å². The van der Waals surface area contributed by atoms with Crippen LogP contribution in [0.5, 0.6) is 0 Å². The molecule has 1 fully saturated rings. The zero-order valence-corrected chi connectivity index (χ0v) is 9.23. The van der Waals surface area contributed by atoms with Crippen molar-refractivity contribution in [1.29, 1.82) is 0 Å². The van der Waals surface area contributed by atoms with Crippen LogP contribution in [0.1, 0.15) is 24.4 Å². The number of nitrogens with two attached hydrogens (primary N) is 2. The Hall–Kier alpha value is -1.17. The molecule has 0 radical (unpaired) electrons. The van der Waals surface area contributed by atoms with Crippen LogP contribution in [0.15, 0.2) is 18.3 Å². The van der Waals surface area contributed by atoms with Gasteiger partial charge in [-0.2, -0.15) is 0 Å². The molecular formula is C11H18N4O. The van der Waals surface area contributed by atoms with E-state index < -0.39 is 0 Å². The molecule has 0 amide bonds. The van der Waals surface area contributed by atoms with Crippen molar-refractivity contribution in [2.75, 3.05) is 18.9 Å². The van der Waals surface area contributed by atoms with Gasteiger partial charge in [-0.1, -0.05) is 6.07 Å². The SMILES string of the molecule is NNC(CC1CCOC1)c1cccnc1N. The molecule has 5 nitrogen and oxygen atoms in total. The van der Waals surface area contributed by atoms with Crippen molar-refractivity contribution < 1.29 is 4.74 Å². The fourth-order valence-corrected chi connectivity index (χ4v) is 2.11. The van der Waals surface area contributed by atoms with E-state index in [1.54, 1.807) is 6.20 Å². The highest BCUT2D eigenvalue weighted by molar-refractivity contribution is 5.40. The van der Waals surface area contributed by atoms with E-state index in [1.165, 1.54) is 0 Å². The first-order valence-corrected chi connectivity index (χ1v) is 5.55. The van der Waals surface area contributed by atoms with Crippen molar-refractivity contribution in [3.63, 3.8) is 0 Å². The Morgan fingerprint density at radius 3 is 3.12 bits per heavy atom. The molecule has 1 aliphatic heterocycles. The molecule has 2 unspecified atom stereocenters. The number of ether oxygens (including phenoxy) is 1. The molecule has 0 aromatic carbocycles. The summed E-state index contributed by atoms with van der Waals surface area (Å²) in [6.07, 6.45) is 3.72. The molecule has 0 saturated carbocycles. The number of pyridine rings is 1. The number of nitrogens with one attached hydrogen (secondary N) is 1. The molecule has 16 heavy (non-hydrogen) atoms. The van der Waals surface area contributed by atoms with Crippen LogP contribution in [-0.2, 0) is 4.74 Å². The van der Waals surface area contributed by atoms with Gasteiger partial charge in [0, 0.05) is 31.0 Å². The van der Waals surface area contributed by atoms with Crippen molar-refractivity contribution in [2.45, 2.75) is 18.9 Å². The molecule has 1 aromatic heterocycles. The lowest BCUT2D eigenvalue weighted by atomic mass is 9.95. The number of nitrogen functional groups attached to an aromatic ring is 1. The third-order valence-corrected chi connectivity index (χ3v) is 3.04. The van der Waals surface area contributed by atoms with E-state index in [9.17, 15) is 0 Å². The van der Waals surface area contributed by atoms with Crippen molar-refractivity contribution >= 4 is 5.82 Å². The topological polar surface area (TPSA) is 86.2 Å². The fourth-order valence-electron chi connectivity index (χ4n) is 2.11. The van der Waals surface area contributed by atoms with Crippen LogP contribution in [0, 0.1) is 5.92 Å². The summed E-state index contributed by atoms with van der Waals surface area (Å²) in [6.45, 7) is 1.67. The second-order valence-corrected chi connectivity index (χ2v) is 4.16. The quantitative estimate of drug-likeness (QED) is 0.513. The van der Waals surface area contributed by atoms with Crippen molar-refractivity contribution in [2.24, 2.45) is 11.8 Å². The smallest absolute Gasteiger partial charge is 0.128 e. The molecule has 5 heteroatoms. The van der Waals surface area contributed by atoms with Gasteiger partial charge in [0.25, 0.3) is 0 Å². The van der Waals surface area contributed by atoms with Crippen LogP contribution in [0.25, 0.3) is 0 Å². The van der Waals surface area contributed by atoms with Crippen molar-refractivity contribution in [3.05, 3.63) is 23.9 Å². The zero-order valence-electron chi connectivity index (χ0n) is 9.23. The molecule has 1 aromatic rings. The standard InChI is InChI=1S/C11H18N4O/c12-11-9(2-1-4-14-11)10(15-13)6-8-3-5-16-7-8/h1-2,4,8,10,15H,3,5-7,13H2,(H2,12,14). The number of anilines is 1. The number of hydrogen-bond donors (Lipinski definition) is 3. The maximum absolute atomic E-state index is 5.83. The molecule has 88 valence electrons. The lowest BCUT2D eigenvalue weighted by Crippen LogP contribution is -2.30. The van der Waals surface area contributed by atoms with E-state index in [4.69, 9.17) is 16.3 Å². The molecule has 2 rings (SSSR count). The first-order chi connectivity index (χ1) is 7.81. The molecular weight excluding hydrogens is 204 g/mol. The van der Waals surface area contributed by atoms with Gasteiger partial charge >= 0.3 is 0 Å². The Morgan fingerprint density at radius 1 is 1.62 bits per heavy atom. The van der Waals surface area contributed by atoms with E-state index in [1.807, 2.05) is 12.1 Å². The summed E-state index contributed by atoms with van der Waals surface area (Å²) in [6, 6.07) is 3.89. The number of aromatic nitrogens is 1. The molecule has 5 N–H and O–H groups in total. The second kappa shape index (κ2) is 5.25. The van der Waals surface area contributed by atoms with Crippen molar-refractivity contribution in [3.8, 4) is 0 Å². The maximum atomic E-state index is 5.83. The minimum Gasteiger partial charge on any atom is -0.383 e. The molecule has 2 atom stereocenters. The molecule has 2 heterocycles. The van der Waals surface area contributed by atoms with Crippen molar-refractivity contribution in [1.82, 2.24) is 10.4 Å². The van der Waals surface area contributed by atoms with Gasteiger partial charge in [0.1, 0.15) is 5.82 Å². The average Bonchev–Trinajstić information content (AvgIpc) is 2.80. The lowest BCUT2D eigenvalue weighted by Gasteiger charge is -2.20. The number of hydrogen-bond acceptors (Lipinski definition) is 5. The molecule has 1 aliphatic rings. The minimum absolute atomic E-state index is 0.0559. The molecule has 1 saturated heterocycles. The lowest BCUT2D eigenvalue weighted by molar-refractivity contribution is 0.181. The van der Waals surface area contributed by atoms with Crippen LogP contribution in [-0.4, -0.2) is 18.2 Å². The fraction of sp³-hybridized carbons (Fsp3) is 0.545. The Morgan fingerprint density at radius 2 is 2.50 bits per heavy atom.